The standard InChI is InChI=1S/C6H16N2.H3O3P/c7-5-3-1-2-4-6-8;1-4(2)3/h1-8H2;1-3H. The third-order valence-electron chi connectivity index (χ3n) is 1.16. The lowest BCUT2D eigenvalue weighted by Crippen LogP contribution is -2.00. The molecule has 12 heavy (non-hydrogen) atoms. The Bertz CT molecular complexity index is 67.1. The molecular weight excluding hydrogens is 179 g/mol. The minimum Gasteiger partial charge on any atom is -0.330 e. The minimum atomic E-state index is -2.62. The summed E-state index contributed by atoms with van der Waals surface area (Å²) in [4.78, 5) is 21.7. The molecule has 0 saturated carbocycles. The fraction of sp³-hybridized carbons (Fsp3) is 1.00. The second kappa shape index (κ2) is 13.8. The molecule has 0 unspecified atom stereocenters. The van der Waals surface area contributed by atoms with Gasteiger partial charge in [0, 0.05) is 0 Å². The fourth-order valence-electron chi connectivity index (χ4n) is 0.642. The van der Waals surface area contributed by atoms with E-state index in [4.69, 9.17) is 26.1 Å². The minimum absolute atomic E-state index is 0.824. The first-order chi connectivity index (χ1) is 5.65. The van der Waals surface area contributed by atoms with Crippen molar-refractivity contribution >= 4 is 8.60 Å². The van der Waals surface area contributed by atoms with Crippen LogP contribution in [0.5, 0.6) is 0 Å². The summed E-state index contributed by atoms with van der Waals surface area (Å²) in [6, 6.07) is 0. The highest BCUT2D eigenvalue weighted by atomic mass is 31.2. The first kappa shape index (κ1) is 14.7. The molecule has 0 aliphatic rings. The zero-order chi connectivity index (χ0) is 9.82. The van der Waals surface area contributed by atoms with Gasteiger partial charge in [0.2, 0.25) is 0 Å². The van der Waals surface area contributed by atoms with Crippen molar-refractivity contribution in [1.29, 1.82) is 0 Å². The monoisotopic (exact) mass is 198 g/mol. The molecule has 0 aliphatic carbocycles. The highest BCUT2D eigenvalue weighted by Gasteiger charge is 1.83. The average Bonchev–Trinajstić information content (AvgIpc) is 1.97. The summed E-state index contributed by atoms with van der Waals surface area (Å²) in [5.74, 6) is 0. The molecule has 0 aromatic carbocycles. The highest BCUT2D eigenvalue weighted by Crippen LogP contribution is 2.11. The molecule has 76 valence electrons. The van der Waals surface area contributed by atoms with Gasteiger partial charge in [0.15, 0.2) is 0 Å². The summed E-state index contributed by atoms with van der Waals surface area (Å²) in [6.45, 7) is 1.65. The number of nitrogens with two attached hydrogens (primary N) is 2. The van der Waals surface area contributed by atoms with Crippen LogP contribution in [0.3, 0.4) is 0 Å². The second-order valence-electron chi connectivity index (χ2n) is 2.26. The predicted molar refractivity (Wildman–Crippen MR) is 50.2 cm³/mol. The van der Waals surface area contributed by atoms with Crippen molar-refractivity contribution in [3.63, 3.8) is 0 Å². The van der Waals surface area contributed by atoms with Gasteiger partial charge >= 0.3 is 8.60 Å². The highest BCUT2D eigenvalue weighted by molar-refractivity contribution is 7.38. The van der Waals surface area contributed by atoms with E-state index in [9.17, 15) is 0 Å². The van der Waals surface area contributed by atoms with Crippen LogP contribution in [0, 0.1) is 0 Å². The Kier molecular flexibility index (Phi) is 16.9. The van der Waals surface area contributed by atoms with E-state index in [1.807, 2.05) is 0 Å². The number of hydrogen-bond donors (Lipinski definition) is 5. The van der Waals surface area contributed by atoms with Gasteiger partial charge in [0.25, 0.3) is 0 Å². The molecule has 0 bridgehead atoms. The van der Waals surface area contributed by atoms with Crippen LogP contribution < -0.4 is 11.5 Å². The largest absolute Gasteiger partial charge is 0.330 e. The summed E-state index contributed by atoms with van der Waals surface area (Å²) in [7, 11) is -2.62. The first-order valence-corrected chi connectivity index (χ1v) is 5.12. The molecule has 0 spiro atoms. The Morgan fingerprint density at radius 2 is 1.00 bits per heavy atom. The van der Waals surface area contributed by atoms with Gasteiger partial charge in [-0.15, -0.1) is 0 Å². The molecule has 0 heterocycles. The molecule has 0 saturated heterocycles. The van der Waals surface area contributed by atoms with E-state index in [1.54, 1.807) is 0 Å². The topological polar surface area (TPSA) is 113 Å². The van der Waals surface area contributed by atoms with Crippen molar-refractivity contribution in [2.75, 3.05) is 13.1 Å². The van der Waals surface area contributed by atoms with Crippen LogP contribution in [0.15, 0.2) is 0 Å². The van der Waals surface area contributed by atoms with Crippen LogP contribution in [-0.4, -0.2) is 27.8 Å². The quantitative estimate of drug-likeness (QED) is 0.306. The van der Waals surface area contributed by atoms with Crippen molar-refractivity contribution < 1.29 is 14.7 Å². The van der Waals surface area contributed by atoms with E-state index >= 15 is 0 Å². The maximum atomic E-state index is 7.23. The van der Waals surface area contributed by atoms with Crippen LogP contribution in [0.1, 0.15) is 25.7 Å². The van der Waals surface area contributed by atoms with Crippen LogP contribution in [-0.2, 0) is 0 Å². The molecule has 0 aliphatic heterocycles. The number of unbranched alkanes of at least 4 members (excludes halogenated alkanes) is 3. The van der Waals surface area contributed by atoms with E-state index in [0.717, 1.165) is 25.9 Å². The number of hydrogen-bond acceptors (Lipinski definition) is 5. The Morgan fingerprint density at radius 1 is 0.750 bits per heavy atom. The van der Waals surface area contributed by atoms with E-state index in [0.29, 0.717) is 0 Å². The van der Waals surface area contributed by atoms with Gasteiger partial charge in [-0.05, 0) is 25.9 Å². The lowest BCUT2D eigenvalue weighted by Gasteiger charge is -1.94. The van der Waals surface area contributed by atoms with Gasteiger partial charge in [-0.1, -0.05) is 12.8 Å². The molecule has 6 heteroatoms. The normalized spacial score (nSPS) is 9.50. The Balaban J connectivity index is 0. The average molecular weight is 198 g/mol. The third-order valence-corrected chi connectivity index (χ3v) is 1.16. The maximum absolute atomic E-state index is 7.23. The predicted octanol–water partition coefficient (Wildman–Crippen LogP) is -0.346. The van der Waals surface area contributed by atoms with Gasteiger partial charge in [0.1, 0.15) is 0 Å². The lowest BCUT2D eigenvalue weighted by molar-refractivity contribution is 0.368. The van der Waals surface area contributed by atoms with Crippen LogP contribution >= 0.6 is 8.60 Å². The number of rotatable bonds is 5. The molecule has 7 N–H and O–H groups in total. The molecule has 0 fully saturated rings. The third kappa shape index (κ3) is 31.9. The Hall–Kier alpha value is 0.230. The second-order valence-corrected chi connectivity index (χ2v) is 2.80. The van der Waals surface area contributed by atoms with Crippen molar-refractivity contribution in [1.82, 2.24) is 0 Å². The lowest BCUT2D eigenvalue weighted by atomic mass is 10.2. The summed E-state index contributed by atoms with van der Waals surface area (Å²) in [5.41, 5.74) is 10.6. The van der Waals surface area contributed by atoms with E-state index in [1.165, 1.54) is 12.8 Å². The fourth-order valence-corrected chi connectivity index (χ4v) is 0.642. The summed E-state index contributed by atoms with van der Waals surface area (Å²) in [5, 5.41) is 0. The summed E-state index contributed by atoms with van der Waals surface area (Å²) in [6.07, 6.45) is 4.79. The smallest absolute Gasteiger partial charge is 0.324 e. The summed E-state index contributed by atoms with van der Waals surface area (Å²) < 4.78 is 0. The molecule has 0 amide bonds. The Morgan fingerprint density at radius 3 is 1.17 bits per heavy atom. The van der Waals surface area contributed by atoms with Crippen molar-refractivity contribution in [3.05, 3.63) is 0 Å². The maximum Gasteiger partial charge on any atom is 0.324 e. The molecule has 5 nitrogen and oxygen atoms in total. The van der Waals surface area contributed by atoms with E-state index < -0.39 is 8.60 Å². The van der Waals surface area contributed by atoms with Crippen LogP contribution in [0.4, 0.5) is 0 Å². The molecule has 0 rings (SSSR count). The SMILES string of the molecule is NCCCCCCN.OP(O)O. The first-order valence-electron chi connectivity index (χ1n) is 3.92. The van der Waals surface area contributed by atoms with E-state index in [-0.39, 0.29) is 0 Å². The molecule has 0 atom stereocenters. The Labute approximate surface area is 74.4 Å². The van der Waals surface area contributed by atoms with Gasteiger partial charge < -0.3 is 26.1 Å². The van der Waals surface area contributed by atoms with Crippen molar-refractivity contribution in [3.8, 4) is 0 Å². The van der Waals surface area contributed by atoms with Gasteiger partial charge in [-0.25, -0.2) is 0 Å². The zero-order valence-corrected chi connectivity index (χ0v) is 8.08. The summed E-state index contributed by atoms with van der Waals surface area (Å²) >= 11 is 0. The van der Waals surface area contributed by atoms with Crippen molar-refractivity contribution in [2.24, 2.45) is 11.5 Å². The molecule has 0 aromatic rings. The molecule has 0 radical (unpaired) electrons. The van der Waals surface area contributed by atoms with Gasteiger partial charge in [-0.3, -0.25) is 0 Å². The van der Waals surface area contributed by atoms with Crippen LogP contribution in [0.2, 0.25) is 0 Å². The van der Waals surface area contributed by atoms with Crippen molar-refractivity contribution in [2.45, 2.75) is 25.7 Å². The molecular formula is C6H19N2O3P. The van der Waals surface area contributed by atoms with Crippen LogP contribution in [0.25, 0.3) is 0 Å². The van der Waals surface area contributed by atoms with E-state index in [2.05, 4.69) is 0 Å². The zero-order valence-electron chi connectivity index (χ0n) is 7.19. The molecule has 0 aromatic heterocycles. The van der Waals surface area contributed by atoms with Gasteiger partial charge in [-0.2, -0.15) is 0 Å². The van der Waals surface area contributed by atoms with Gasteiger partial charge in [0.05, 0.1) is 0 Å².